The van der Waals surface area contributed by atoms with E-state index in [-0.39, 0.29) is 5.82 Å². The van der Waals surface area contributed by atoms with Gasteiger partial charge >= 0.3 is 0 Å². The van der Waals surface area contributed by atoms with Gasteiger partial charge in [-0.1, -0.05) is 30.3 Å². The Balaban J connectivity index is 1.87. The predicted octanol–water partition coefficient (Wildman–Crippen LogP) is 5.02. The lowest BCUT2D eigenvalue weighted by Gasteiger charge is -2.15. The number of hydrogen-bond acceptors (Lipinski definition) is 1. The van der Waals surface area contributed by atoms with E-state index in [2.05, 4.69) is 52.4 Å². The van der Waals surface area contributed by atoms with Gasteiger partial charge in [0.1, 0.15) is 5.82 Å². The van der Waals surface area contributed by atoms with Crippen LogP contribution in [-0.4, -0.2) is 6.04 Å². The van der Waals surface area contributed by atoms with Gasteiger partial charge in [-0.05, 0) is 59.5 Å². The van der Waals surface area contributed by atoms with E-state index < -0.39 is 0 Å². The molecule has 0 aliphatic carbocycles. The second-order valence-corrected chi connectivity index (χ2v) is 5.55. The maximum Gasteiger partial charge on any atom is 0.139 e. The zero-order chi connectivity index (χ0) is 13.7. The maximum atomic E-state index is 13.4. The van der Waals surface area contributed by atoms with Crippen molar-refractivity contribution in [2.24, 2.45) is 0 Å². The molecule has 0 radical (unpaired) electrons. The van der Waals surface area contributed by atoms with Crippen LogP contribution in [0.3, 0.4) is 0 Å². The summed E-state index contributed by atoms with van der Waals surface area (Å²) in [5.74, 6) is -0.236. The number of aryl methyl sites for hydroxylation is 1. The van der Waals surface area contributed by atoms with Crippen LogP contribution in [0.15, 0.2) is 53.0 Å². The van der Waals surface area contributed by atoms with Gasteiger partial charge in [0.05, 0.1) is 4.47 Å². The fraction of sp³-hybridized carbons (Fsp3) is 0.250. The summed E-state index contributed by atoms with van der Waals surface area (Å²) in [4.78, 5) is 0. The lowest BCUT2D eigenvalue weighted by atomic mass is 10.1. The molecule has 0 aliphatic rings. The number of halogens is 2. The third-order valence-electron chi connectivity index (χ3n) is 3.04. The lowest BCUT2D eigenvalue weighted by Crippen LogP contribution is -2.16. The van der Waals surface area contributed by atoms with Gasteiger partial charge in [-0.25, -0.2) is 4.39 Å². The Kier molecular flexibility index (Phi) is 4.97. The molecular weight excluding hydrogens is 305 g/mol. The van der Waals surface area contributed by atoms with Crippen molar-refractivity contribution < 1.29 is 4.39 Å². The van der Waals surface area contributed by atoms with E-state index >= 15 is 0 Å². The normalized spacial score (nSPS) is 12.2. The van der Waals surface area contributed by atoms with E-state index in [4.69, 9.17) is 0 Å². The zero-order valence-electron chi connectivity index (χ0n) is 10.9. The Morgan fingerprint density at radius 1 is 1.16 bits per heavy atom. The van der Waals surface area contributed by atoms with Crippen molar-refractivity contribution in [2.75, 3.05) is 5.32 Å². The van der Waals surface area contributed by atoms with Crippen molar-refractivity contribution in [3.63, 3.8) is 0 Å². The fourth-order valence-corrected chi connectivity index (χ4v) is 2.22. The zero-order valence-corrected chi connectivity index (χ0v) is 12.5. The third kappa shape index (κ3) is 4.35. The molecule has 2 aromatic rings. The van der Waals surface area contributed by atoms with E-state index in [9.17, 15) is 4.39 Å². The number of benzene rings is 2. The van der Waals surface area contributed by atoms with E-state index in [0.29, 0.717) is 10.5 Å². The maximum absolute atomic E-state index is 13.4. The minimum atomic E-state index is -0.236. The Morgan fingerprint density at radius 2 is 1.89 bits per heavy atom. The molecule has 0 heterocycles. The summed E-state index contributed by atoms with van der Waals surface area (Å²) in [5.41, 5.74) is 2.15. The van der Waals surface area contributed by atoms with Crippen LogP contribution < -0.4 is 5.32 Å². The molecule has 0 aliphatic heterocycles. The summed E-state index contributed by atoms with van der Waals surface area (Å²) >= 11 is 3.15. The Bertz CT molecular complexity index is 528. The second kappa shape index (κ2) is 6.71. The minimum Gasteiger partial charge on any atom is -0.382 e. The SMILES string of the molecule is CC(CCc1ccccc1)Nc1ccc(Br)c(F)c1. The highest BCUT2D eigenvalue weighted by atomic mass is 79.9. The lowest BCUT2D eigenvalue weighted by molar-refractivity contribution is 0.620. The van der Waals surface area contributed by atoms with Crippen molar-refractivity contribution >= 4 is 21.6 Å². The summed E-state index contributed by atoms with van der Waals surface area (Å²) in [6.45, 7) is 2.11. The number of nitrogens with one attached hydrogen (secondary N) is 1. The molecule has 0 spiro atoms. The first-order valence-electron chi connectivity index (χ1n) is 6.40. The average Bonchev–Trinajstić information content (AvgIpc) is 2.42. The summed E-state index contributed by atoms with van der Waals surface area (Å²) < 4.78 is 13.9. The highest BCUT2D eigenvalue weighted by Gasteiger charge is 2.05. The van der Waals surface area contributed by atoms with Gasteiger partial charge in [-0.2, -0.15) is 0 Å². The molecule has 100 valence electrons. The first-order valence-corrected chi connectivity index (χ1v) is 7.20. The molecule has 1 nitrogen and oxygen atoms in total. The van der Waals surface area contributed by atoms with Gasteiger partial charge in [0.2, 0.25) is 0 Å². The molecular formula is C16H17BrFN. The van der Waals surface area contributed by atoms with Crippen molar-refractivity contribution in [3.05, 3.63) is 64.4 Å². The fourth-order valence-electron chi connectivity index (χ4n) is 1.97. The van der Waals surface area contributed by atoms with Crippen LogP contribution in [0.5, 0.6) is 0 Å². The van der Waals surface area contributed by atoms with Crippen LogP contribution >= 0.6 is 15.9 Å². The van der Waals surface area contributed by atoms with Crippen LogP contribution in [0.4, 0.5) is 10.1 Å². The third-order valence-corrected chi connectivity index (χ3v) is 3.68. The van der Waals surface area contributed by atoms with Crippen molar-refractivity contribution in [2.45, 2.75) is 25.8 Å². The smallest absolute Gasteiger partial charge is 0.139 e. The second-order valence-electron chi connectivity index (χ2n) is 4.70. The van der Waals surface area contributed by atoms with Crippen LogP contribution in [0.2, 0.25) is 0 Å². The number of rotatable bonds is 5. The summed E-state index contributed by atoms with van der Waals surface area (Å²) in [6, 6.07) is 15.8. The van der Waals surface area contributed by atoms with Crippen LogP contribution in [0, 0.1) is 5.82 Å². The molecule has 0 fully saturated rings. The Labute approximate surface area is 122 Å². The van der Waals surface area contributed by atoms with E-state index in [1.807, 2.05) is 12.1 Å². The van der Waals surface area contributed by atoms with Crippen molar-refractivity contribution in [1.82, 2.24) is 0 Å². The van der Waals surface area contributed by atoms with Gasteiger partial charge in [-0.3, -0.25) is 0 Å². The Morgan fingerprint density at radius 3 is 2.58 bits per heavy atom. The first kappa shape index (κ1) is 14.1. The van der Waals surface area contributed by atoms with Gasteiger partial charge in [0.25, 0.3) is 0 Å². The molecule has 0 aromatic heterocycles. The van der Waals surface area contributed by atoms with Crippen LogP contribution in [-0.2, 0) is 6.42 Å². The summed E-state index contributed by atoms with van der Waals surface area (Å²) in [5, 5.41) is 3.32. The number of hydrogen-bond donors (Lipinski definition) is 1. The molecule has 0 saturated carbocycles. The summed E-state index contributed by atoms with van der Waals surface area (Å²) in [7, 11) is 0. The molecule has 0 saturated heterocycles. The topological polar surface area (TPSA) is 12.0 Å². The summed E-state index contributed by atoms with van der Waals surface area (Å²) in [6.07, 6.45) is 2.04. The molecule has 1 unspecified atom stereocenters. The van der Waals surface area contributed by atoms with E-state index in [1.165, 1.54) is 11.6 Å². The highest BCUT2D eigenvalue weighted by molar-refractivity contribution is 9.10. The molecule has 2 aromatic carbocycles. The molecule has 1 atom stereocenters. The average molecular weight is 322 g/mol. The van der Waals surface area contributed by atoms with Crippen LogP contribution in [0.25, 0.3) is 0 Å². The van der Waals surface area contributed by atoms with Crippen molar-refractivity contribution in [1.29, 1.82) is 0 Å². The standard InChI is InChI=1S/C16H17BrFN/c1-12(7-8-13-5-3-2-4-6-13)19-14-9-10-15(17)16(18)11-14/h2-6,9-12,19H,7-8H2,1H3. The van der Waals surface area contributed by atoms with Gasteiger partial charge < -0.3 is 5.32 Å². The molecule has 2 rings (SSSR count). The van der Waals surface area contributed by atoms with Gasteiger partial charge in [0, 0.05) is 11.7 Å². The van der Waals surface area contributed by atoms with Crippen LogP contribution in [0.1, 0.15) is 18.9 Å². The van der Waals surface area contributed by atoms with Gasteiger partial charge in [0.15, 0.2) is 0 Å². The molecule has 3 heteroatoms. The largest absolute Gasteiger partial charge is 0.382 e. The molecule has 19 heavy (non-hydrogen) atoms. The quantitative estimate of drug-likeness (QED) is 0.815. The van der Waals surface area contributed by atoms with Gasteiger partial charge in [-0.15, -0.1) is 0 Å². The van der Waals surface area contributed by atoms with E-state index in [1.54, 1.807) is 6.07 Å². The van der Waals surface area contributed by atoms with E-state index in [0.717, 1.165) is 18.5 Å². The predicted molar refractivity (Wildman–Crippen MR) is 81.9 cm³/mol. The first-order chi connectivity index (χ1) is 9.15. The molecule has 0 bridgehead atoms. The van der Waals surface area contributed by atoms with Crippen molar-refractivity contribution in [3.8, 4) is 0 Å². The Hall–Kier alpha value is -1.35. The molecule has 1 N–H and O–H groups in total. The monoisotopic (exact) mass is 321 g/mol. The molecule has 0 amide bonds. The minimum absolute atomic E-state index is 0.236. The highest BCUT2D eigenvalue weighted by Crippen LogP contribution is 2.20. The number of anilines is 1.